The Labute approximate surface area is 107 Å². The topological polar surface area (TPSA) is 18.5 Å². The highest BCUT2D eigenvalue weighted by molar-refractivity contribution is 4.77. The zero-order valence-electron chi connectivity index (χ0n) is 11.3. The largest absolute Gasteiger partial charge is 0.401 e. The van der Waals surface area contributed by atoms with Crippen molar-refractivity contribution in [2.45, 2.75) is 32.0 Å². The normalized spacial score (nSPS) is 21.2. The van der Waals surface area contributed by atoms with Crippen LogP contribution in [0.3, 0.4) is 0 Å². The van der Waals surface area contributed by atoms with Gasteiger partial charge in [-0.1, -0.05) is 13.3 Å². The van der Waals surface area contributed by atoms with Gasteiger partial charge in [0.1, 0.15) is 0 Å². The average Bonchev–Trinajstić information content (AvgIpc) is 2.29. The number of hydrogen-bond acceptors (Lipinski definition) is 3. The summed E-state index contributed by atoms with van der Waals surface area (Å²) in [5.74, 6) is 0. The molecule has 1 atom stereocenters. The standard InChI is InChI=1S/C12H24F3N3/c1-3-4-11(16-2)9-17-5-7-18(8-6-17)10-12(13,14)15/h11,16H,3-10H2,1-2H3. The molecule has 1 N–H and O–H groups in total. The highest BCUT2D eigenvalue weighted by Gasteiger charge is 2.32. The van der Waals surface area contributed by atoms with Crippen LogP contribution in [-0.2, 0) is 0 Å². The molecule has 0 amide bonds. The molecule has 108 valence electrons. The fourth-order valence-corrected chi connectivity index (χ4v) is 2.37. The number of hydrogen-bond donors (Lipinski definition) is 1. The first kappa shape index (κ1) is 15.7. The quantitative estimate of drug-likeness (QED) is 0.788. The molecular weight excluding hydrogens is 243 g/mol. The minimum Gasteiger partial charge on any atom is -0.316 e. The molecule has 0 bridgehead atoms. The van der Waals surface area contributed by atoms with Crippen molar-refractivity contribution in [2.75, 3.05) is 46.3 Å². The molecule has 1 fully saturated rings. The summed E-state index contributed by atoms with van der Waals surface area (Å²) in [4.78, 5) is 3.74. The lowest BCUT2D eigenvalue weighted by Crippen LogP contribution is -2.52. The average molecular weight is 267 g/mol. The van der Waals surface area contributed by atoms with Crippen molar-refractivity contribution in [1.29, 1.82) is 0 Å². The van der Waals surface area contributed by atoms with Crippen molar-refractivity contribution < 1.29 is 13.2 Å². The molecule has 1 aliphatic rings. The SMILES string of the molecule is CCCC(CN1CCN(CC(F)(F)F)CC1)NC. The second-order valence-corrected chi connectivity index (χ2v) is 4.97. The number of halogens is 3. The van der Waals surface area contributed by atoms with Crippen LogP contribution in [0.5, 0.6) is 0 Å². The number of rotatable bonds is 6. The third-order valence-electron chi connectivity index (χ3n) is 3.39. The molecule has 1 heterocycles. The van der Waals surface area contributed by atoms with Gasteiger partial charge < -0.3 is 5.32 Å². The summed E-state index contributed by atoms with van der Waals surface area (Å²) in [5, 5.41) is 3.26. The van der Waals surface area contributed by atoms with E-state index in [1.54, 1.807) is 0 Å². The molecule has 0 radical (unpaired) electrons. The van der Waals surface area contributed by atoms with Gasteiger partial charge in [-0.25, -0.2) is 0 Å². The Morgan fingerprint density at radius 3 is 2.11 bits per heavy atom. The van der Waals surface area contributed by atoms with Crippen molar-refractivity contribution in [1.82, 2.24) is 15.1 Å². The predicted molar refractivity (Wildman–Crippen MR) is 66.7 cm³/mol. The summed E-state index contributed by atoms with van der Waals surface area (Å²) in [5.41, 5.74) is 0. The number of nitrogens with zero attached hydrogens (tertiary/aromatic N) is 2. The molecule has 18 heavy (non-hydrogen) atoms. The van der Waals surface area contributed by atoms with E-state index in [-0.39, 0.29) is 0 Å². The molecule has 0 aliphatic carbocycles. The molecule has 0 aromatic carbocycles. The van der Waals surface area contributed by atoms with E-state index in [4.69, 9.17) is 0 Å². The van der Waals surface area contributed by atoms with Crippen molar-refractivity contribution in [3.8, 4) is 0 Å². The number of likely N-dealkylation sites (N-methyl/N-ethyl adjacent to an activating group) is 1. The highest BCUT2D eigenvalue weighted by Crippen LogP contribution is 2.17. The monoisotopic (exact) mass is 267 g/mol. The Morgan fingerprint density at radius 2 is 1.67 bits per heavy atom. The van der Waals surface area contributed by atoms with Gasteiger partial charge in [-0.2, -0.15) is 13.2 Å². The molecular formula is C12H24F3N3. The van der Waals surface area contributed by atoms with Gasteiger partial charge in [-0.15, -0.1) is 0 Å². The second-order valence-electron chi connectivity index (χ2n) is 4.97. The zero-order chi connectivity index (χ0) is 13.6. The van der Waals surface area contributed by atoms with Gasteiger partial charge in [0.25, 0.3) is 0 Å². The van der Waals surface area contributed by atoms with Crippen LogP contribution in [0.15, 0.2) is 0 Å². The Kier molecular flexibility index (Phi) is 6.38. The molecule has 1 rings (SSSR count). The first-order valence-electron chi connectivity index (χ1n) is 6.63. The van der Waals surface area contributed by atoms with Crippen LogP contribution in [0.4, 0.5) is 13.2 Å². The summed E-state index contributed by atoms with van der Waals surface area (Å²) in [6, 6.07) is 0.448. The van der Waals surface area contributed by atoms with E-state index in [0.717, 1.165) is 32.5 Å². The minimum atomic E-state index is -4.07. The fraction of sp³-hybridized carbons (Fsp3) is 1.00. The van der Waals surface area contributed by atoms with Gasteiger partial charge in [-0.3, -0.25) is 9.80 Å². The molecule has 3 nitrogen and oxygen atoms in total. The number of piperazine rings is 1. The molecule has 1 unspecified atom stereocenters. The maximum absolute atomic E-state index is 12.2. The number of alkyl halides is 3. The number of nitrogens with one attached hydrogen (secondary N) is 1. The Hall–Kier alpha value is -0.330. The van der Waals surface area contributed by atoms with Crippen molar-refractivity contribution >= 4 is 0 Å². The Morgan fingerprint density at radius 1 is 1.11 bits per heavy atom. The van der Waals surface area contributed by atoms with Crippen LogP contribution >= 0.6 is 0 Å². The smallest absolute Gasteiger partial charge is 0.316 e. The van der Waals surface area contributed by atoms with Crippen LogP contribution in [0.1, 0.15) is 19.8 Å². The van der Waals surface area contributed by atoms with Gasteiger partial charge in [0.15, 0.2) is 0 Å². The second kappa shape index (κ2) is 7.31. The molecule has 0 spiro atoms. The summed E-state index contributed by atoms with van der Waals surface area (Å²) in [6.45, 7) is 4.81. The predicted octanol–water partition coefficient (Wildman–Crippen LogP) is 1.55. The van der Waals surface area contributed by atoms with E-state index in [1.165, 1.54) is 4.90 Å². The highest BCUT2D eigenvalue weighted by atomic mass is 19.4. The van der Waals surface area contributed by atoms with Crippen molar-refractivity contribution in [2.24, 2.45) is 0 Å². The van der Waals surface area contributed by atoms with Gasteiger partial charge in [-0.05, 0) is 13.5 Å². The lowest BCUT2D eigenvalue weighted by molar-refractivity contribution is -0.149. The summed E-state index contributed by atoms with van der Waals surface area (Å²) < 4.78 is 36.7. The van der Waals surface area contributed by atoms with Crippen LogP contribution in [-0.4, -0.2) is 68.3 Å². The third kappa shape index (κ3) is 6.02. The molecule has 1 aliphatic heterocycles. The third-order valence-corrected chi connectivity index (χ3v) is 3.39. The van der Waals surface area contributed by atoms with E-state index in [2.05, 4.69) is 17.1 Å². The summed E-state index contributed by atoms with van der Waals surface area (Å²) in [7, 11) is 1.94. The molecule has 0 aromatic rings. The summed E-state index contributed by atoms with van der Waals surface area (Å²) >= 11 is 0. The lowest BCUT2D eigenvalue weighted by Gasteiger charge is -2.36. The van der Waals surface area contributed by atoms with E-state index >= 15 is 0 Å². The van der Waals surface area contributed by atoms with Crippen LogP contribution in [0.2, 0.25) is 0 Å². The summed E-state index contributed by atoms with van der Waals surface area (Å²) in [6.07, 6.45) is -1.84. The minimum absolute atomic E-state index is 0.448. The first-order chi connectivity index (χ1) is 8.44. The maximum Gasteiger partial charge on any atom is 0.401 e. The first-order valence-corrected chi connectivity index (χ1v) is 6.63. The van der Waals surface area contributed by atoms with Crippen LogP contribution in [0, 0.1) is 0 Å². The molecule has 0 saturated carbocycles. The van der Waals surface area contributed by atoms with E-state index < -0.39 is 12.7 Å². The Balaban J connectivity index is 2.26. The molecule has 1 saturated heterocycles. The van der Waals surface area contributed by atoms with Crippen molar-refractivity contribution in [3.05, 3.63) is 0 Å². The zero-order valence-corrected chi connectivity index (χ0v) is 11.3. The van der Waals surface area contributed by atoms with E-state index in [9.17, 15) is 13.2 Å². The van der Waals surface area contributed by atoms with Gasteiger partial charge >= 0.3 is 6.18 Å². The van der Waals surface area contributed by atoms with Crippen LogP contribution < -0.4 is 5.32 Å². The molecule has 6 heteroatoms. The Bertz CT molecular complexity index is 225. The lowest BCUT2D eigenvalue weighted by atomic mass is 10.1. The van der Waals surface area contributed by atoms with Gasteiger partial charge in [0, 0.05) is 38.8 Å². The van der Waals surface area contributed by atoms with Gasteiger partial charge in [0.2, 0.25) is 0 Å². The van der Waals surface area contributed by atoms with E-state index in [0.29, 0.717) is 19.1 Å². The molecule has 0 aromatic heterocycles. The van der Waals surface area contributed by atoms with Crippen LogP contribution in [0.25, 0.3) is 0 Å². The van der Waals surface area contributed by atoms with Gasteiger partial charge in [0.05, 0.1) is 6.54 Å². The van der Waals surface area contributed by atoms with E-state index in [1.807, 2.05) is 7.05 Å². The maximum atomic E-state index is 12.2. The van der Waals surface area contributed by atoms with Crippen molar-refractivity contribution in [3.63, 3.8) is 0 Å². The fourth-order valence-electron chi connectivity index (χ4n) is 2.37.